The Balaban J connectivity index is 1.82. The van der Waals surface area contributed by atoms with Gasteiger partial charge in [0.15, 0.2) is 0 Å². The van der Waals surface area contributed by atoms with Crippen molar-refractivity contribution >= 4 is 0 Å². The van der Waals surface area contributed by atoms with Gasteiger partial charge in [-0.15, -0.1) is 0 Å². The number of hydrogen-bond acceptors (Lipinski definition) is 2. The van der Waals surface area contributed by atoms with Crippen molar-refractivity contribution in [1.82, 2.24) is 5.32 Å². The normalized spacial score (nSPS) is 19.6. The average Bonchev–Trinajstić information content (AvgIpc) is 2.70. The van der Waals surface area contributed by atoms with E-state index in [9.17, 15) is 5.11 Å². The smallest absolute Gasteiger partial charge is 0.115 e. The van der Waals surface area contributed by atoms with E-state index < -0.39 is 0 Å². The zero-order valence-corrected chi connectivity index (χ0v) is 12.5. The van der Waals surface area contributed by atoms with Crippen molar-refractivity contribution in [2.45, 2.75) is 44.7 Å². The number of phenolic OH excluding ortho intramolecular Hbond substituents is 1. The van der Waals surface area contributed by atoms with Gasteiger partial charge in [-0.1, -0.05) is 42.8 Å². The molecule has 0 aliphatic heterocycles. The zero-order valence-electron chi connectivity index (χ0n) is 12.5. The summed E-state index contributed by atoms with van der Waals surface area (Å²) in [6.07, 6.45) is 4.67. The van der Waals surface area contributed by atoms with E-state index in [-0.39, 0.29) is 0 Å². The van der Waals surface area contributed by atoms with Gasteiger partial charge < -0.3 is 10.4 Å². The molecule has 0 bridgehead atoms. The minimum Gasteiger partial charge on any atom is -0.508 e. The second-order valence-corrected chi connectivity index (χ2v) is 5.98. The summed E-state index contributed by atoms with van der Waals surface area (Å²) in [6.45, 7) is 2.22. The standard InChI is InChI=1S/C19H23NO/c1-14(15-7-3-2-4-8-15)20-19-10-6-5-9-16-13-17(21)11-12-18(16)19/h2-4,7-8,11-14,19-21H,5-6,9-10H2,1H3/t14?,19-/m1/s1. The average molecular weight is 281 g/mol. The lowest BCUT2D eigenvalue weighted by Crippen LogP contribution is -2.24. The van der Waals surface area contributed by atoms with Gasteiger partial charge in [0.25, 0.3) is 0 Å². The van der Waals surface area contributed by atoms with Crippen LogP contribution in [0.2, 0.25) is 0 Å². The fourth-order valence-corrected chi connectivity index (χ4v) is 3.28. The van der Waals surface area contributed by atoms with Crippen LogP contribution in [0.1, 0.15) is 55.0 Å². The van der Waals surface area contributed by atoms with E-state index in [1.54, 1.807) is 0 Å². The lowest BCUT2D eigenvalue weighted by molar-refractivity contribution is 0.436. The first-order valence-electron chi connectivity index (χ1n) is 7.87. The van der Waals surface area contributed by atoms with E-state index in [0.717, 1.165) is 12.8 Å². The van der Waals surface area contributed by atoms with Gasteiger partial charge in [-0.3, -0.25) is 0 Å². The molecule has 0 heterocycles. The molecule has 2 aromatic carbocycles. The van der Waals surface area contributed by atoms with Gasteiger partial charge >= 0.3 is 0 Å². The molecule has 0 amide bonds. The first-order chi connectivity index (χ1) is 10.2. The molecule has 0 radical (unpaired) electrons. The quantitative estimate of drug-likeness (QED) is 0.811. The van der Waals surface area contributed by atoms with Crippen LogP contribution in [-0.2, 0) is 6.42 Å². The SMILES string of the molecule is CC(N[C@@H]1CCCCc2cc(O)ccc21)c1ccccc1. The number of rotatable bonds is 3. The second-order valence-electron chi connectivity index (χ2n) is 5.98. The van der Waals surface area contributed by atoms with Crippen molar-refractivity contribution in [3.8, 4) is 5.75 Å². The van der Waals surface area contributed by atoms with Gasteiger partial charge in [-0.2, -0.15) is 0 Å². The van der Waals surface area contributed by atoms with Crippen LogP contribution < -0.4 is 5.32 Å². The van der Waals surface area contributed by atoms with Crippen LogP contribution in [0, 0.1) is 0 Å². The van der Waals surface area contributed by atoms with Crippen LogP contribution in [0.15, 0.2) is 48.5 Å². The Kier molecular flexibility index (Phi) is 4.26. The lowest BCUT2D eigenvalue weighted by Gasteiger charge is -2.24. The van der Waals surface area contributed by atoms with E-state index in [2.05, 4.69) is 48.6 Å². The summed E-state index contributed by atoms with van der Waals surface area (Å²) in [4.78, 5) is 0. The molecule has 1 unspecified atom stereocenters. The minimum absolute atomic E-state index is 0.330. The van der Waals surface area contributed by atoms with Crippen molar-refractivity contribution in [2.24, 2.45) is 0 Å². The van der Waals surface area contributed by atoms with Crippen LogP contribution >= 0.6 is 0 Å². The van der Waals surface area contributed by atoms with E-state index >= 15 is 0 Å². The van der Waals surface area contributed by atoms with E-state index in [0.29, 0.717) is 17.8 Å². The van der Waals surface area contributed by atoms with Crippen LogP contribution in [-0.4, -0.2) is 5.11 Å². The van der Waals surface area contributed by atoms with Crippen molar-refractivity contribution < 1.29 is 5.11 Å². The number of nitrogens with one attached hydrogen (secondary N) is 1. The fourth-order valence-electron chi connectivity index (χ4n) is 3.28. The van der Waals surface area contributed by atoms with Gasteiger partial charge in [0.2, 0.25) is 0 Å². The maximum Gasteiger partial charge on any atom is 0.115 e. The number of aromatic hydroxyl groups is 1. The van der Waals surface area contributed by atoms with Crippen molar-refractivity contribution in [3.05, 3.63) is 65.2 Å². The lowest BCUT2D eigenvalue weighted by atomic mass is 9.97. The summed E-state index contributed by atoms with van der Waals surface area (Å²) in [6, 6.07) is 17.1. The molecule has 0 saturated heterocycles. The fraction of sp³-hybridized carbons (Fsp3) is 0.368. The molecule has 0 saturated carbocycles. The molecule has 110 valence electrons. The topological polar surface area (TPSA) is 32.3 Å². The molecule has 0 spiro atoms. The third-order valence-electron chi connectivity index (χ3n) is 4.44. The molecule has 2 N–H and O–H groups in total. The highest BCUT2D eigenvalue weighted by Gasteiger charge is 2.20. The van der Waals surface area contributed by atoms with Crippen LogP contribution in [0.3, 0.4) is 0 Å². The molecule has 2 nitrogen and oxygen atoms in total. The molecular formula is C19H23NO. The summed E-state index contributed by atoms with van der Waals surface area (Å²) in [5, 5.41) is 13.5. The van der Waals surface area contributed by atoms with Gasteiger partial charge in [0.05, 0.1) is 0 Å². The molecule has 3 rings (SSSR count). The molecular weight excluding hydrogens is 258 g/mol. The number of benzene rings is 2. The number of hydrogen-bond donors (Lipinski definition) is 2. The Morgan fingerprint density at radius 2 is 1.90 bits per heavy atom. The Bertz CT molecular complexity index is 594. The number of aryl methyl sites for hydroxylation is 1. The third kappa shape index (κ3) is 3.27. The first kappa shape index (κ1) is 14.2. The predicted octanol–water partition coefficient (Wildman–Crippen LogP) is 4.51. The molecule has 0 aromatic heterocycles. The molecule has 0 fully saturated rings. The Morgan fingerprint density at radius 1 is 1.10 bits per heavy atom. The van der Waals surface area contributed by atoms with Crippen LogP contribution in [0.4, 0.5) is 0 Å². The van der Waals surface area contributed by atoms with Gasteiger partial charge in [-0.05, 0) is 55.0 Å². The summed E-state index contributed by atoms with van der Waals surface area (Å²) in [7, 11) is 0. The van der Waals surface area contributed by atoms with Crippen molar-refractivity contribution in [3.63, 3.8) is 0 Å². The Labute approximate surface area is 126 Å². The first-order valence-corrected chi connectivity index (χ1v) is 7.87. The molecule has 1 aliphatic carbocycles. The Morgan fingerprint density at radius 3 is 2.71 bits per heavy atom. The zero-order chi connectivity index (χ0) is 14.7. The third-order valence-corrected chi connectivity index (χ3v) is 4.44. The van der Waals surface area contributed by atoms with Crippen LogP contribution in [0.25, 0.3) is 0 Å². The second kappa shape index (κ2) is 6.31. The van der Waals surface area contributed by atoms with Gasteiger partial charge in [-0.25, -0.2) is 0 Å². The van der Waals surface area contributed by atoms with Gasteiger partial charge in [0.1, 0.15) is 5.75 Å². The van der Waals surface area contributed by atoms with E-state index in [4.69, 9.17) is 0 Å². The van der Waals surface area contributed by atoms with Crippen LogP contribution in [0.5, 0.6) is 5.75 Å². The van der Waals surface area contributed by atoms with E-state index in [1.165, 1.54) is 29.5 Å². The summed E-state index contributed by atoms with van der Waals surface area (Å²) in [5.74, 6) is 0.380. The predicted molar refractivity (Wildman–Crippen MR) is 86.4 cm³/mol. The highest BCUT2D eigenvalue weighted by Crippen LogP contribution is 2.32. The largest absolute Gasteiger partial charge is 0.508 e. The summed E-state index contributed by atoms with van der Waals surface area (Å²) >= 11 is 0. The molecule has 21 heavy (non-hydrogen) atoms. The number of fused-ring (bicyclic) bond motifs is 1. The highest BCUT2D eigenvalue weighted by molar-refractivity contribution is 5.38. The number of phenols is 1. The summed E-state index contributed by atoms with van der Waals surface area (Å²) in [5.41, 5.74) is 3.97. The molecule has 1 aliphatic rings. The maximum atomic E-state index is 9.71. The van der Waals surface area contributed by atoms with Crippen molar-refractivity contribution in [1.29, 1.82) is 0 Å². The monoisotopic (exact) mass is 281 g/mol. The maximum absolute atomic E-state index is 9.71. The molecule has 2 heteroatoms. The molecule has 2 aromatic rings. The molecule has 2 atom stereocenters. The van der Waals surface area contributed by atoms with Gasteiger partial charge in [0, 0.05) is 12.1 Å². The highest BCUT2D eigenvalue weighted by atomic mass is 16.3. The summed E-state index contributed by atoms with van der Waals surface area (Å²) < 4.78 is 0. The van der Waals surface area contributed by atoms with Crippen molar-refractivity contribution in [2.75, 3.05) is 0 Å². The minimum atomic E-state index is 0.330. The van der Waals surface area contributed by atoms with E-state index in [1.807, 2.05) is 12.1 Å². The Hall–Kier alpha value is -1.80.